The number of carbonyl (C=O) groups is 1. The molecule has 1 amide bonds. The molecule has 1 aliphatic carbocycles. The summed E-state index contributed by atoms with van der Waals surface area (Å²) in [6.45, 7) is 5.93. The van der Waals surface area contributed by atoms with Gasteiger partial charge in [-0.25, -0.2) is 14.6 Å². The van der Waals surface area contributed by atoms with Gasteiger partial charge in [0.1, 0.15) is 5.52 Å². The van der Waals surface area contributed by atoms with Gasteiger partial charge in [0, 0.05) is 44.9 Å². The molecule has 0 aromatic carbocycles. The average molecular weight is 368 g/mol. The van der Waals surface area contributed by atoms with Gasteiger partial charge in [0.05, 0.1) is 12.2 Å². The van der Waals surface area contributed by atoms with Crippen molar-refractivity contribution < 1.29 is 4.79 Å². The molecule has 2 aromatic rings. The van der Waals surface area contributed by atoms with Crippen LogP contribution in [0.5, 0.6) is 0 Å². The van der Waals surface area contributed by atoms with E-state index in [0.717, 1.165) is 42.9 Å². The summed E-state index contributed by atoms with van der Waals surface area (Å²) in [6, 6.07) is 0. The van der Waals surface area contributed by atoms with Crippen LogP contribution in [0.1, 0.15) is 50.6 Å². The van der Waals surface area contributed by atoms with E-state index in [4.69, 9.17) is 5.10 Å². The van der Waals surface area contributed by atoms with Gasteiger partial charge in [0.2, 0.25) is 5.91 Å². The molecule has 1 fully saturated rings. The second-order valence-corrected chi connectivity index (χ2v) is 7.65. The maximum absolute atomic E-state index is 11.1. The Labute approximate surface area is 159 Å². The number of nitrogens with one attached hydrogen (secondary N) is 1. The quantitative estimate of drug-likeness (QED) is 0.792. The molecule has 2 aliphatic rings. The number of fused-ring (bicyclic) bond motifs is 1. The third kappa shape index (κ3) is 4.18. The molecular weight excluding hydrogens is 340 g/mol. The Bertz CT molecular complexity index is 842. The van der Waals surface area contributed by atoms with Crippen molar-refractivity contribution in [1.82, 2.24) is 30.0 Å². The second-order valence-electron chi connectivity index (χ2n) is 7.65. The molecule has 3 heterocycles. The van der Waals surface area contributed by atoms with Crippen LogP contribution in [0.4, 0.5) is 0 Å². The highest BCUT2D eigenvalue weighted by Crippen LogP contribution is 2.31. The highest BCUT2D eigenvalue weighted by atomic mass is 16.1. The smallest absolute Gasteiger partial charge is 0.216 e. The molecule has 1 atom stereocenters. The van der Waals surface area contributed by atoms with Crippen LogP contribution in [0.3, 0.4) is 0 Å². The first-order valence-corrected chi connectivity index (χ1v) is 10.0. The molecule has 1 aliphatic heterocycles. The van der Waals surface area contributed by atoms with E-state index in [1.54, 1.807) is 18.0 Å². The van der Waals surface area contributed by atoms with Gasteiger partial charge in [-0.1, -0.05) is 11.6 Å². The summed E-state index contributed by atoms with van der Waals surface area (Å²) in [5.41, 5.74) is 4.38. The first-order valence-electron chi connectivity index (χ1n) is 10.0. The van der Waals surface area contributed by atoms with E-state index in [2.05, 4.69) is 26.3 Å². The Morgan fingerprint density at radius 2 is 2.19 bits per heavy atom. The van der Waals surface area contributed by atoms with Gasteiger partial charge in [-0.3, -0.25) is 9.69 Å². The van der Waals surface area contributed by atoms with Crippen molar-refractivity contribution >= 4 is 17.1 Å². The molecule has 0 unspecified atom stereocenters. The van der Waals surface area contributed by atoms with Gasteiger partial charge in [0.25, 0.3) is 0 Å². The SMILES string of the molecule is CC(=O)NCCn1nc([C@H]2CCN(CC3=CCCCC3)C2)c2nccnc21. The first-order chi connectivity index (χ1) is 13.2. The standard InChI is InChI=1S/C20H28N6O/c1-15(27)21-10-12-26-20-19(22-8-9-23-20)18(24-26)17-7-11-25(14-17)13-16-5-3-2-4-6-16/h5,8-9,17H,2-4,6-7,10-14H2,1H3,(H,21,27)/t17-/m0/s1. The van der Waals surface area contributed by atoms with Crippen LogP contribution in [0.2, 0.25) is 0 Å². The molecule has 0 bridgehead atoms. The summed E-state index contributed by atoms with van der Waals surface area (Å²) in [4.78, 5) is 22.7. The summed E-state index contributed by atoms with van der Waals surface area (Å²) in [5, 5.41) is 7.68. The van der Waals surface area contributed by atoms with Crippen LogP contribution < -0.4 is 5.32 Å². The molecule has 1 N–H and O–H groups in total. The number of allylic oxidation sites excluding steroid dienone is 1. The first kappa shape index (κ1) is 18.1. The van der Waals surface area contributed by atoms with Crippen LogP contribution in [0.15, 0.2) is 24.0 Å². The third-order valence-corrected chi connectivity index (χ3v) is 5.56. The summed E-state index contributed by atoms with van der Waals surface area (Å²) in [6.07, 6.45) is 12.2. The van der Waals surface area contributed by atoms with Crippen LogP contribution in [-0.2, 0) is 11.3 Å². The zero-order valence-electron chi connectivity index (χ0n) is 16.0. The molecule has 0 radical (unpaired) electrons. The number of carbonyl (C=O) groups excluding carboxylic acids is 1. The molecule has 2 aromatic heterocycles. The minimum atomic E-state index is -0.0266. The lowest BCUT2D eigenvalue weighted by Gasteiger charge is -2.20. The number of likely N-dealkylation sites (tertiary alicyclic amines) is 1. The minimum absolute atomic E-state index is 0.0266. The van der Waals surface area contributed by atoms with Crippen LogP contribution >= 0.6 is 0 Å². The molecule has 27 heavy (non-hydrogen) atoms. The third-order valence-electron chi connectivity index (χ3n) is 5.56. The van der Waals surface area contributed by atoms with Crippen molar-refractivity contribution in [3.8, 4) is 0 Å². The fourth-order valence-corrected chi connectivity index (χ4v) is 4.23. The Hall–Kier alpha value is -2.28. The Balaban J connectivity index is 1.48. The van der Waals surface area contributed by atoms with E-state index in [1.165, 1.54) is 32.6 Å². The van der Waals surface area contributed by atoms with Crippen molar-refractivity contribution in [3.05, 3.63) is 29.7 Å². The van der Waals surface area contributed by atoms with Gasteiger partial charge < -0.3 is 5.32 Å². The molecule has 7 nitrogen and oxygen atoms in total. The predicted octanol–water partition coefficient (Wildman–Crippen LogP) is 2.25. The van der Waals surface area contributed by atoms with Crippen molar-refractivity contribution in [2.75, 3.05) is 26.2 Å². The normalized spacial score (nSPS) is 20.8. The molecule has 0 spiro atoms. The lowest BCUT2D eigenvalue weighted by Crippen LogP contribution is -2.25. The van der Waals surface area contributed by atoms with Crippen molar-refractivity contribution in [3.63, 3.8) is 0 Å². The Kier molecular flexibility index (Phi) is 5.48. The molecule has 7 heteroatoms. The number of amides is 1. The molecular formula is C20H28N6O. The van der Waals surface area contributed by atoms with Crippen LogP contribution in [-0.4, -0.2) is 56.7 Å². The molecule has 144 valence electrons. The topological polar surface area (TPSA) is 75.9 Å². The lowest BCUT2D eigenvalue weighted by molar-refractivity contribution is -0.118. The van der Waals surface area contributed by atoms with E-state index >= 15 is 0 Å². The Morgan fingerprint density at radius 3 is 3.00 bits per heavy atom. The molecule has 0 saturated carbocycles. The summed E-state index contributed by atoms with van der Waals surface area (Å²) >= 11 is 0. The van der Waals surface area contributed by atoms with Crippen LogP contribution in [0, 0.1) is 0 Å². The second kappa shape index (κ2) is 8.17. The lowest BCUT2D eigenvalue weighted by atomic mass is 9.99. The van der Waals surface area contributed by atoms with Crippen molar-refractivity contribution in [2.24, 2.45) is 0 Å². The summed E-state index contributed by atoms with van der Waals surface area (Å²) in [5.74, 6) is 0.372. The molecule has 4 rings (SSSR count). The van der Waals surface area contributed by atoms with Gasteiger partial charge >= 0.3 is 0 Å². The van der Waals surface area contributed by atoms with Crippen molar-refractivity contribution in [2.45, 2.75) is 51.5 Å². The zero-order chi connectivity index (χ0) is 18.6. The number of rotatable bonds is 6. The fraction of sp³-hybridized carbons (Fsp3) is 0.600. The predicted molar refractivity (Wildman–Crippen MR) is 104 cm³/mol. The van der Waals surface area contributed by atoms with E-state index in [1.807, 2.05) is 4.68 Å². The largest absolute Gasteiger partial charge is 0.354 e. The number of aromatic nitrogens is 4. The highest BCUT2D eigenvalue weighted by molar-refractivity contribution is 5.74. The van der Waals surface area contributed by atoms with Gasteiger partial charge in [-0.2, -0.15) is 5.10 Å². The summed E-state index contributed by atoms with van der Waals surface area (Å²) < 4.78 is 1.89. The average Bonchev–Trinajstić information content (AvgIpc) is 3.27. The number of hydrogen-bond donors (Lipinski definition) is 1. The number of hydrogen-bond acceptors (Lipinski definition) is 5. The maximum Gasteiger partial charge on any atom is 0.216 e. The fourth-order valence-electron chi connectivity index (χ4n) is 4.23. The molecule has 1 saturated heterocycles. The number of nitrogens with zero attached hydrogens (tertiary/aromatic N) is 5. The highest BCUT2D eigenvalue weighted by Gasteiger charge is 2.29. The van der Waals surface area contributed by atoms with E-state index in [-0.39, 0.29) is 5.91 Å². The van der Waals surface area contributed by atoms with Crippen molar-refractivity contribution in [1.29, 1.82) is 0 Å². The minimum Gasteiger partial charge on any atom is -0.354 e. The maximum atomic E-state index is 11.1. The van der Waals surface area contributed by atoms with E-state index < -0.39 is 0 Å². The van der Waals surface area contributed by atoms with Gasteiger partial charge in [-0.05, 0) is 38.6 Å². The Morgan fingerprint density at radius 1 is 1.30 bits per heavy atom. The van der Waals surface area contributed by atoms with E-state index in [0.29, 0.717) is 19.0 Å². The summed E-state index contributed by atoms with van der Waals surface area (Å²) in [7, 11) is 0. The van der Waals surface area contributed by atoms with E-state index in [9.17, 15) is 4.79 Å². The van der Waals surface area contributed by atoms with Gasteiger partial charge in [0.15, 0.2) is 5.65 Å². The van der Waals surface area contributed by atoms with Gasteiger partial charge in [-0.15, -0.1) is 0 Å². The zero-order valence-corrected chi connectivity index (χ0v) is 16.0. The monoisotopic (exact) mass is 368 g/mol. The van der Waals surface area contributed by atoms with Crippen LogP contribution in [0.25, 0.3) is 11.2 Å².